The highest BCUT2D eigenvalue weighted by molar-refractivity contribution is 6.19. The second-order valence-electron chi connectivity index (χ2n) is 14.9. The maximum atomic E-state index is 5.27. The lowest BCUT2D eigenvalue weighted by Gasteiger charge is -2.41. The van der Waals surface area contributed by atoms with Gasteiger partial charge in [-0.3, -0.25) is 0 Å². The number of aromatic nitrogens is 2. The molecule has 2 aromatic heterocycles. The lowest BCUT2D eigenvalue weighted by atomic mass is 10.0. The van der Waals surface area contributed by atoms with Crippen molar-refractivity contribution in [2.24, 2.45) is 4.99 Å². The van der Waals surface area contributed by atoms with Gasteiger partial charge in [-0.2, -0.15) is 6.20 Å². The van der Waals surface area contributed by atoms with E-state index in [1.54, 1.807) is 0 Å². The Morgan fingerprint density at radius 3 is 1.88 bits per heavy atom. The molecule has 7 heteroatoms. The number of hydrogen-bond donors (Lipinski definition) is 2. The van der Waals surface area contributed by atoms with Gasteiger partial charge in [0.05, 0.1) is 16.6 Å². The molecular formula is C50H35N7-2. The van der Waals surface area contributed by atoms with E-state index in [0.717, 1.165) is 39.1 Å². The molecule has 0 amide bonds. The van der Waals surface area contributed by atoms with E-state index in [-0.39, 0.29) is 12.3 Å². The molecule has 8 aromatic carbocycles. The molecule has 0 fully saturated rings. The molecule has 0 saturated heterocycles. The van der Waals surface area contributed by atoms with Crippen molar-refractivity contribution in [3.63, 3.8) is 0 Å². The maximum absolute atomic E-state index is 5.27. The van der Waals surface area contributed by atoms with Crippen LogP contribution >= 0.6 is 0 Å². The highest BCUT2D eigenvalue weighted by Gasteiger charge is 2.23. The zero-order valence-electron chi connectivity index (χ0n) is 30.8. The highest BCUT2D eigenvalue weighted by atomic mass is 15.4. The number of amidine groups is 1. The van der Waals surface area contributed by atoms with E-state index < -0.39 is 6.29 Å². The number of rotatable bonds is 5. The first kappa shape index (κ1) is 31.9. The van der Waals surface area contributed by atoms with Gasteiger partial charge in [0.15, 0.2) is 0 Å². The SMILES string of the molecule is C1=C(C2=NC(c3ccc4ccccc4c3)NC(c3ccc4ccccc4c3)[N-]2)NC(n2c3ccccc3c3cc4c5ccccc5n(-c5ccccc5)c4cc32)[N-]1. The summed E-state index contributed by atoms with van der Waals surface area (Å²) in [5.74, 6) is 0.642. The number of nitrogens with zero attached hydrogens (tertiary/aromatic N) is 5. The molecule has 3 unspecified atom stereocenters. The molecule has 12 rings (SSSR count). The van der Waals surface area contributed by atoms with Crippen LogP contribution in [0, 0.1) is 0 Å². The lowest BCUT2D eigenvalue weighted by Crippen LogP contribution is -2.34. The Balaban J connectivity index is 0.968. The summed E-state index contributed by atoms with van der Waals surface area (Å²) in [7, 11) is 0. The van der Waals surface area contributed by atoms with Crippen LogP contribution in [0.1, 0.15) is 29.7 Å². The number of benzene rings is 8. The molecule has 10 aromatic rings. The maximum Gasteiger partial charge on any atom is 0.0562 e. The van der Waals surface area contributed by atoms with Crippen LogP contribution in [-0.2, 0) is 0 Å². The average molecular weight is 734 g/mol. The third-order valence-corrected chi connectivity index (χ3v) is 11.6. The second-order valence-corrected chi connectivity index (χ2v) is 14.9. The van der Waals surface area contributed by atoms with Gasteiger partial charge in [0.1, 0.15) is 0 Å². The fourth-order valence-electron chi connectivity index (χ4n) is 8.93. The zero-order valence-corrected chi connectivity index (χ0v) is 30.8. The van der Waals surface area contributed by atoms with Gasteiger partial charge in [-0.15, -0.1) is 0 Å². The van der Waals surface area contributed by atoms with Crippen LogP contribution in [-0.4, -0.2) is 15.0 Å². The molecule has 0 saturated carbocycles. The van der Waals surface area contributed by atoms with Crippen LogP contribution in [0.15, 0.2) is 193 Å². The fraction of sp³-hybridized carbons (Fsp3) is 0.0600. The quantitative estimate of drug-likeness (QED) is 0.185. The number of aliphatic imine (C=N–C) groups is 1. The lowest BCUT2D eigenvalue weighted by molar-refractivity contribution is 0.486. The minimum absolute atomic E-state index is 0.318. The molecule has 2 aliphatic rings. The molecule has 272 valence electrons. The molecule has 0 bridgehead atoms. The molecule has 7 nitrogen and oxygen atoms in total. The third-order valence-electron chi connectivity index (χ3n) is 11.6. The molecule has 0 aliphatic carbocycles. The normalized spacial score (nSPS) is 18.2. The minimum Gasteiger partial charge on any atom is -0.653 e. The van der Waals surface area contributed by atoms with Crippen LogP contribution < -0.4 is 10.6 Å². The number of nitrogens with one attached hydrogen (secondary N) is 2. The van der Waals surface area contributed by atoms with Crippen molar-refractivity contribution in [3.8, 4) is 5.69 Å². The molecule has 2 aliphatic heterocycles. The van der Waals surface area contributed by atoms with Gasteiger partial charge in [0, 0.05) is 57.1 Å². The number of fused-ring (bicyclic) bond motifs is 8. The first-order valence-electron chi connectivity index (χ1n) is 19.4. The standard InChI is InChI=1S/C50H35N7/c1-2-16-37(17-3-1)56-43-20-10-8-18-38(43)40-28-41-39-19-9-11-21-44(39)57(46(41)29-45(40)56)50-51-30-42(52-50)49-54-47(35-24-22-31-12-4-6-14-33(31)26-35)53-48(55-49)36-25-23-32-13-5-7-15-34(32)27-36/h1-30,47-48,50,52-53H/q-2. The Morgan fingerprint density at radius 2 is 1.11 bits per heavy atom. The van der Waals surface area contributed by atoms with Crippen LogP contribution in [0.2, 0.25) is 0 Å². The Labute approximate surface area is 328 Å². The molecule has 57 heavy (non-hydrogen) atoms. The predicted octanol–water partition coefficient (Wildman–Crippen LogP) is 12.2. The average Bonchev–Trinajstić information content (AvgIpc) is 3.98. The summed E-state index contributed by atoms with van der Waals surface area (Å²) in [6.07, 6.45) is 0.872. The van der Waals surface area contributed by atoms with Crippen LogP contribution in [0.25, 0.3) is 81.5 Å². The summed E-state index contributed by atoms with van der Waals surface area (Å²) in [6, 6.07) is 62.7. The van der Waals surface area contributed by atoms with Gasteiger partial charge in [-0.25, -0.2) is 0 Å². The van der Waals surface area contributed by atoms with Crippen LogP contribution in [0.4, 0.5) is 0 Å². The predicted molar refractivity (Wildman–Crippen MR) is 235 cm³/mol. The Morgan fingerprint density at radius 1 is 0.491 bits per heavy atom. The van der Waals surface area contributed by atoms with E-state index >= 15 is 0 Å². The van der Waals surface area contributed by atoms with Crippen LogP contribution in [0.5, 0.6) is 0 Å². The monoisotopic (exact) mass is 733 g/mol. The van der Waals surface area contributed by atoms with Crippen molar-refractivity contribution in [1.82, 2.24) is 19.8 Å². The Hall–Kier alpha value is -7.35. The van der Waals surface area contributed by atoms with E-state index in [2.05, 4.69) is 196 Å². The number of hydrogen-bond acceptors (Lipinski definition) is 3. The first-order valence-corrected chi connectivity index (χ1v) is 19.4. The van der Waals surface area contributed by atoms with E-state index in [4.69, 9.17) is 15.6 Å². The van der Waals surface area contributed by atoms with Crippen molar-refractivity contribution in [2.75, 3.05) is 0 Å². The number of para-hydroxylation sites is 3. The fourth-order valence-corrected chi connectivity index (χ4v) is 8.93. The molecule has 0 spiro atoms. The van der Waals surface area contributed by atoms with E-state index in [1.165, 1.54) is 48.6 Å². The summed E-state index contributed by atoms with van der Waals surface area (Å²) in [4.78, 5) is 5.27. The first-order chi connectivity index (χ1) is 28.2. The Kier molecular flexibility index (Phi) is 7.06. The topological polar surface area (TPSA) is 74.5 Å². The largest absolute Gasteiger partial charge is 0.653 e. The van der Waals surface area contributed by atoms with E-state index in [0.29, 0.717) is 5.84 Å². The summed E-state index contributed by atoms with van der Waals surface area (Å²) in [5.41, 5.74) is 8.64. The van der Waals surface area contributed by atoms with Gasteiger partial charge in [-0.1, -0.05) is 127 Å². The van der Waals surface area contributed by atoms with Crippen molar-refractivity contribution in [1.29, 1.82) is 0 Å². The van der Waals surface area contributed by atoms with E-state index in [1.807, 2.05) is 6.20 Å². The zero-order chi connectivity index (χ0) is 37.5. The van der Waals surface area contributed by atoms with E-state index in [9.17, 15) is 0 Å². The van der Waals surface area contributed by atoms with Gasteiger partial charge in [0.2, 0.25) is 0 Å². The van der Waals surface area contributed by atoms with Crippen molar-refractivity contribution in [2.45, 2.75) is 18.6 Å². The van der Waals surface area contributed by atoms with Crippen molar-refractivity contribution in [3.05, 3.63) is 210 Å². The van der Waals surface area contributed by atoms with Gasteiger partial charge in [0.25, 0.3) is 0 Å². The smallest absolute Gasteiger partial charge is 0.0562 e. The van der Waals surface area contributed by atoms with Gasteiger partial charge in [-0.05, 0) is 87.0 Å². The van der Waals surface area contributed by atoms with Crippen molar-refractivity contribution < 1.29 is 0 Å². The van der Waals surface area contributed by atoms with Crippen molar-refractivity contribution >= 4 is 71.0 Å². The third kappa shape index (κ3) is 5.13. The molecule has 4 heterocycles. The molecule has 2 N–H and O–H groups in total. The van der Waals surface area contributed by atoms with Gasteiger partial charge >= 0.3 is 0 Å². The minimum atomic E-state index is -0.402. The van der Waals surface area contributed by atoms with Crippen LogP contribution in [0.3, 0.4) is 0 Å². The van der Waals surface area contributed by atoms with Gasteiger partial charge < -0.3 is 35.4 Å². The Bertz CT molecular complexity index is 3280. The highest BCUT2D eigenvalue weighted by Crippen LogP contribution is 2.42. The molecule has 3 atom stereocenters. The summed E-state index contributed by atoms with van der Waals surface area (Å²) in [5, 5.41) is 27.5. The molecular weight excluding hydrogens is 699 g/mol. The summed E-state index contributed by atoms with van der Waals surface area (Å²) >= 11 is 0. The summed E-state index contributed by atoms with van der Waals surface area (Å²) < 4.78 is 4.70. The molecule has 0 radical (unpaired) electrons. The summed E-state index contributed by atoms with van der Waals surface area (Å²) in [6.45, 7) is 0. The second kappa shape index (κ2) is 12.6.